The Labute approximate surface area is 108 Å². The second-order valence-corrected chi connectivity index (χ2v) is 7.20. The van der Waals surface area contributed by atoms with Crippen LogP contribution in [-0.2, 0) is 19.4 Å². The van der Waals surface area contributed by atoms with E-state index in [1.54, 1.807) is 11.9 Å². The molecule has 2 fully saturated rings. The van der Waals surface area contributed by atoms with Gasteiger partial charge in [-0.2, -0.15) is 0 Å². The van der Waals surface area contributed by atoms with Gasteiger partial charge in [0.2, 0.25) is 5.91 Å². The van der Waals surface area contributed by atoms with Gasteiger partial charge in [-0.05, 0) is 19.4 Å². The molecule has 0 aromatic heterocycles. The van der Waals surface area contributed by atoms with Gasteiger partial charge in [0.1, 0.15) is 6.04 Å². The van der Waals surface area contributed by atoms with Gasteiger partial charge in [-0.1, -0.05) is 0 Å². The molecule has 0 aromatic carbocycles. The van der Waals surface area contributed by atoms with Crippen LogP contribution in [0, 0.1) is 5.92 Å². The van der Waals surface area contributed by atoms with Gasteiger partial charge >= 0.3 is 0 Å². The van der Waals surface area contributed by atoms with Crippen LogP contribution in [0.3, 0.4) is 0 Å². The minimum absolute atomic E-state index is 0.0132. The first-order chi connectivity index (χ1) is 8.52. The lowest BCUT2D eigenvalue weighted by atomic mass is 10.1. The number of hydrogen-bond donors (Lipinski definition) is 1. The number of hydrogen-bond acceptors (Lipinski definition) is 5. The lowest BCUT2D eigenvalue weighted by Gasteiger charge is -2.25. The van der Waals surface area contributed by atoms with E-state index in [4.69, 9.17) is 4.74 Å². The van der Waals surface area contributed by atoms with Crippen LogP contribution in [0.4, 0.5) is 0 Å². The maximum absolute atomic E-state index is 12.2. The van der Waals surface area contributed by atoms with Crippen LogP contribution in [0.1, 0.15) is 6.42 Å². The zero-order chi connectivity index (χ0) is 13.2. The van der Waals surface area contributed by atoms with Crippen molar-refractivity contribution in [3.63, 3.8) is 0 Å². The molecule has 1 N–H and O–H groups in total. The van der Waals surface area contributed by atoms with E-state index >= 15 is 0 Å². The molecule has 0 spiro atoms. The van der Waals surface area contributed by atoms with Gasteiger partial charge < -0.3 is 15.0 Å². The van der Waals surface area contributed by atoms with E-state index in [0.717, 1.165) is 0 Å². The van der Waals surface area contributed by atoms with Crippen molar-refractivity contribution >= 4 is 15.7 Å². The van der Waals surface area contributed by atoms with Crippen molar-refractivity contribution in [2.45, 2.75) is 12.5 Å². The summed E-state index contributed by atoms with van der Waals surface area (Å²) < 4.78 is 28.2. The minimum Gasteiger partial charge on any atom is -0.377 e. The highest BCUT2D eigenvalue weighted by Crippen LogP contribution is 2.20. The maximum atomic E-state index is 12.2. The first-order valence-electron chi connectivity index (χ1n) is 6.26. The van der Waals surface area contributed by atoms with Crippen molar-refractivity contribution in [2.75, 3.05) is 44.9 Å². The Morgan fingerprint density at radius 3 is 2.89 bits per heavy atom. The van der Waals surface area contributed by atoms with Crippen molar-refractivity contribution in [2.24, 2.45) is 5.92 Å². The van der Waals surface area contributed by atoms with Crippen LogP contribution in [0.15, 0.2) is 0 Å². The molecule has 1 amide bonds. The molecule has 2 heterocycles. The summed E-state index contributed by atoms with van der Waals surface area (Å²) in [6.45, 7) is 1.98. The largest absolute Gasteiger partial charge is 0.377 e. The number of rotatable bonds is 3. The minimum atomic E-state index is -2.88. The number of sulfone groups is 1. The second kappa shape index (κ2) is 5.54. The molecule has 2 aliphatic heterocycles. The summed E-state index contributed by atoms with van der Waals surface area (Å²) >= 11 is 0. The van der Waals surface area contributed by atoms with Crippen molar-refractivity contribution in [3.05, 3.63) is 0 Å². The van der Waals surface area contributed by atoms with Crippen LogP contribution in [0.25, 0.3) is 0 Å². The van der Waals surface area contributed by atoms with E-state index in [-0.39, 0.29) is 29.4 Å². The summed E-state index contributed by atoms with van der Waals surface area (Å²) in [5.74, 6) is 0.557. The summed E-state index contributed by atoms with van der Waals surface area (Å²) in [4.78, 5) is 13.9. The third-order valence-corrected chi connectivity index (χ3v) is 5.39. The first-order valence-corrected chi connectivity index (χ1v) is 8.08. The standard InChI is InChI=1S/C11H20N2O4S/c1-12-10-7-17-4-3-13(11(10)14)6-9-2-5-18(15,16)8-9/h9-10,12H,2-8H2,1H3. The van der Waals surface area contributed by atoms with Gasteiger partial charge in [0.05, 0.1) is 24.7 Å². The Bertz CT molecular complexity index is 409. The number of amides is 1. The molecule has 0 bridgehead atoms. The lowest BCUT2D eigenvalue weighted by molar-refractivity contribution is -0.133. The molecular formula is C11H20N2O4S. The Kier molecular flexibility index (Phi) is 4.24. The molecule has 0 saturated carbocycles. The number of carbonyl (C=O) groups is 1. The summed E-state index contributed by atoms with van der Waals surface area (Å²) in [7, 11) is -1.15. The van der Waals surface area contributed by atoms with Gasteiger partial charge in [0, 0.05) is 13.1 Å². The van der Waals surface area contributed by atoms with Gasteiger partial charge in [0.25, 0.3) is 0 Å². The summed E-state index contributed by atoms with van der Waals surface area (Å²) in [5, 5.41) is 2.93. The normalized spacial score (nSPS) is 32.5. The van der Waals surface area contributed by atoms with Gasteiger partial charge in [-0.15, -0.1) is 0 Å². The fourth-order valence-corrected chi connectivity index (χ4v) is 4.34. The average molecular weight is 276 g/mol. The number of nitrogens with zero attached hydrogens (tertiary/aromatic N) is 1. The van der Waals surface area contributed by atoms with E-state index < -0.39 is 9.84 Å². The van der Waals surface area contributed by atoms with E-state index in [1.165, 1.54) is 0 Å². The molecule has 0 radical (unpaired) electrons. The quantitative estimate of drug-likeness (QED) is 0.706. The zero-order valence-corrected chi connectivity index (χ0v) is 11.4. The Morgan fingerprint density at radius 2 is 2.28 bits per heavy atom. The Balaban J connectivity index is 1.97. The predicted molar refractivity (Wildman–Crippen MR) is 67.0 cm³/mol. The number of carbonyl (C=O) groups excluding carboxylic acids is 1. The highest BCUT2D eigenvalue weighted by atomic mass is 32.2. The molecule has 6 nitrogen and oxygen atoms in total. The monoisotopic (exact) mass is 276 g/mol. The second-order valence-electron chi connectivity index (χ2n) is 4.97. The number of likely N-dealkylation sites (N-methyl/N-ethyl adjacent to an activating group) is 1. The van der Waals surface area contributed by atoms with Crippen molar-refractivity contribution < 1.29 is 17.9 Å². The highest BCUT2D eigenvalue weighted by Gasteiger charge is 2.33. The molecule has 2 atom stereocenters. The number of nitrogens with one attached hydrogen (secondary N) is 1. The molecule has 2 rings (SSSR count). The fraction of sp³-hybridized carbons (Fsp3) is 0.909. The topological polar surface area (TPSA) is 75.7 Å². The Hall–Kier alpha value is -0.660. The van der Waals surface area contributed by atoms with E-state index in [9.17, 15) is 13.2 Å². The van der Waals surface area contributed by atoms with Crippen LogP contribution in [0.2, 0.25) is 0 Å². The zero-order valence-electron chi connectivity index (χ0n) is 10.6. The first kappa shape index (κ1) is 13.8. The predicted octanol–water partition coefficient (Wildman–Crippen LogP) is -1.13. The summed E-state index contributed by atoms with van der Waals surface area (Å²) in [5.41, 5.74) is 0. The summed E-state index contributed by atoms with van der Waals surface area (Å²) in [6.07, 6.45) is 0.664. The molecule has 0 aromatic rings. The van der Waals surface area contributed by atoms with Crippen LogP contribution >= 0.6 is 0 Å². The molecule has 0 aliphatic carbocycles. The van der Waals surface area contributed by atoms with Crippen LogP contribution < -0.4 is 5.32 Å². The third-order valence-electron chi connectivity index (χ3n) is 3.55. The Morgan fingerprint density at radius 1 is 1.50 bits per heavy atom. The number of ether oxygens (including phenoxy) is 1. The highest BCUT2D eigenvalue weighted by molar-refractivity contribution is 7.91. The van der Waals surface area contributed by atoms with Crippen LogP contribution in [-0.4, -0.2) is 70.1 Å². The van der Waals surface area contributed by atoms with E-state index in [2.05, 4.69) is 5.32 Å². The van der Waals surface area contributed by atoms with Crippen molar-refractivity contribution in [1.82, 2.24) is 10.2 Å². The average Bonchev–Trinajstić information content (AvgIpc) is 2.56. The molecule has 2 unspecified atom stereocenters. The van der Waals surface area contributed by atoms with Gasteiger partial charge in [-0.3, -0.25) is 4.79 Å². The van der Waals surface area contributed by atoms with Gasteiger partial charge in [0.15, 0.2) is 9.84 Å². The summed E-state index contributed by atoms with van der Waals surface area (Å²) in [6, 6.07) is -0.314. The maximum Gasteiger partial charge on any atom is 0.242 e. The van der Waals surface area contributed by atoms with Gasteiger partial charge in [-0.25, -0.2) is 8.42 Å². The fourth-order valence-electron chi connectivity index (χ4n) is 2.49. The van der Waals surface area contributed by atoms with E-state index in [0.29, 0.717) is 32.7 Å². The third kappa shape index (κ3) is 3.21. The molecule has 104 valence electrons. The van der Waals surface area contributed by atoms with Crippen molar-refractivity contribution in [3.8, 4) is 0 Å². The molecule has 2 aliphatic rings. The van der Waals surface area contributed by atoms with E-state index in [1.807, 2.05) is 0 Å². The SMILES string of the molecule is CNC1COCCN(CC2CCS(=O)(=O)C2)C1=O. The molecule has 18 heavy (non-hydrogen) atoms. The lowest BCUT2D eigenvalue weighted by Crippen LogP contribution is -2.47. The van der Waals surface area contributed by atoms with Crippen LogP contribution in [0.5, 0.6) is 0 Å². The molecule has 7 heteroatoms. The molecule has 2 saturated heterocycles. The smallest absolute Gasteiger partial charge is 0.242 e. The van der Waals surface area contributed by atoms with Crippen molar-refractivity contribution in [1.29, 1.82) is 0 Å². The molecular weight excluding hydrogens is 256 g/mol.